The molecule has 0 spiro atoms. The smallest absolute Gasteiger partial charge is 0.253 e. The van der Waals surface area contributed by atoms with Crippen molar-refractivity contribution < 1.29 is 9.18 Å². The maximum absolute atomic E-state index is 13.4. The summed E-state index contributed by atoms with van der Waals surface area (Å²) in [5.41, 5.74) is 9.04. The highest BCUT2D eigenvalue weighted by Crippen LogP contribution is 2.32. The van der Waals surface area contributed by atoms with E-state index in [-0.39, 0.29) is 17.8 Å². The zero-order valence-electron chi connectivity index (χ0n) is 15.3. The Bertz CT molecular complexity index is 654. The second kappa shape index (κ2) is 9.37. The van der Waals surface area contributed by atoms with E-state index >= 15 is 0 Å². The van der Waals surface area contributed by atoms with E-state index in [0.29, 0.717) is 24.9 Å². The summed E-state index contributed by atoms with van der Waals surface area (Å²) >= 11 is 0. The van der Waals surface area contributed by atoms with Gasteiger partial charge in [-0.05, 0) is 62.1 Å². The molecule has 1 unspecified atom stereocenters. The summed E-state index contributed by atoms with van der Waals surface area (Å²) in [6.07, 6.45) is 7.14. The van der Waals surface area contributed by atoms with Crippen molar-refractivity contribution in [3.05, 3.63) is 53.4 Å². The van der Waals surface area contributed by atoms with Crippen LogP contribution in [0, 0.1) is 0 Å². The number of hydrogen-bond acceptors (Lipinski definition) is 3. The van der Waals surface area contributed by atoms with E-state index in [0.717, 1.165) is 24.2 Å². The number of halogens is 1. The number of benzene rings is 1. The first kappa shape index (κ1) is 19.2. The number of nitrogens with one attached hydrogen (secondary N) is 2. The first-order valence-corrected chi connectivity index (χ1v) is 9.07. The molecule has 25 heavy (non-hydrogen) atoms. The molecule has 0 radical (unpaired) electrons. The second-order valence-electron chi connectivity index (χ2n) is 6.14. The molecule has 0 aromatic heterocycles. The summed E-state index contributed by atoms with van der Waals surface area (Å²) in [5.74, 6) is -0.152. The second-order valence-corrected chi connectivity index (χ2v) is 6.14. The molecule has 136 valence electrons. The van der Waals surface area contributed by atoms with E-state index in [4.69, 9.17) is 0 Å². The van der Waals surface area contributed by atoms with Crippen molar-refractivity contribution in [3.63, 3.8) is 0 Å². The number of carbonyl (C=O) groups excluding carboxylic acids is 1. The van der Waals surface area contributed by atoms with Crippen LogP contribution in [-0.2, 0) is 0 Å². The first-order valence-electron chi connectivity index (χ1n) is 9.07. The number of hydrogen-bond donors (Lipinski definition) is 2. The van der Waals surface area contributed by atoms with Gasteiger partial charge < -0.3 is 10.3 Å². The molecule has 2 N–H and O–H groups in total. The summed E-state index contributed by atoms with van der Waals surface area (Å²) in [5, 5.41) is 0. The van der Waals surface area contributed by atoms with Gasteiger partial charge in [-0.1, -0.05) is 19.9 Å². The highest BCUT2D eigenvalue weighted by atomic mass is 19.1. The third-order valence-electron chi connectivity index (χ3n) is 4.27. The molecule has 1 heterocycles. The van der Waals surface area contributed by atoms with Gasteiger partial charge in [0, 0.05) is 18.7 Å². The number of hydrazine groups is 1. The van der Waals surface area contributed by atoms with Crippen LogP contribution in [0.15, 0.2) is 42.3 Å². The molecule has 0 bridgehead atoms. The van der Waals surface area contributed by atoms with Gasteiger partial charge in [0.15, 0.2) is 0 Å². The Morgan fingerprint density at radius 1 is 1.32 bits per heavy atom. The number of amides is 1. The van der Waals surface area contributed by atoms with Crippen LogP contribution in [0.25, 0.3) is 0 Å². The van der Waals surface area contributed by atoms with Crippen LogP contribution in [-0.4, -0.2) is 23.9 Å². The Balaban J connectivity index is 2.13. The van der Waals surface area contributed by atoms with Crippen LogP contribution in [0.1, 0.15) is 62.0 Å². The predicted octanol–water partition coefficient (Wildman–Crippen LogP) is 4.74. The molecule has 1 amide bonds. The van der Waals surface area contributed by atoms with Crippen molar-refractivity contribution in [3.8, 4) is 0 Å². The Labute approximate surface area is 149 Å². The lowest BCUT2D eigenvalue weighted by molar-refractivity contribution is 0.0764. The lowest BCUT2D eigenvalue weighted by Crippen LogP contribution is -2.31. The predicted molar refractivity (Wildman–Crippen MR) is 101 cm³/mol. The Morgan fingerprint density at radius 2 is 2.12 bits per heavy atom. The fourth-order valence-electron chi connectivity index (χ4n) is 2.96. The number of allylic oxidation sites excluding steroid dienone is 3. The van der Waals surface area contributed by atoms with Gasteiger partial charge in [-0.2, -0.15) is 0 Å². The van der Waals surface area contributed by atoms with E-state index in [1.165, 1.54) is 6.08 Å². The van der Waals surface area contributed by atoms with Crippen molar-refractivity contribution in [2.45, 2.75) is 46.1 Å². The molecule has 4 nitrogen and oxygen atoms in total. The molecule has 1 aromatic carbocycles. The van der Waals surface area contributed by atoms with Crippen molar-refractivity contribution in [2.24, 2.45) is 0 Å². The number of carbonyl (C=O) groups is 1. The topological polar surface area (TPSA) is 44.4 Å². The van der Waals surface area contributed by atoms with Gasteiger partial charge in [-0.25, -0.2) is 9.82 Å². The maximum atomic E-state index is 13.4. The summed E-state index contributed by atoms with van der Waals surface area (Å²) < 4.78 is 13.4. The lowest BCUT2D eigenvalue weighted by Gasteiger charge is -2.20. The molecule has 5 heteroatoms. The summed E-state index contributed by atoms with van der Waals surface area (Å²) in [7, 11) is 0. The standard InChI is InChI=1S/C20H28FN3O/c1-4-8-16(21)9-7-10-18-17-14-15(11-12-19(17)23-22-18)20(25)24(6-3)13-5-2/h7-9,11-12,14,18,22-23H,4-6,10,13H2,1-3H3/b9-7-,16-8+. The van der Waals surface area contributed by atoms with Gasteiger partial charge >= 0.3 is 0 Å². The van der Waals surface area contributed by atoms with Crippen LogP contribution in [0.5, 0.6) is 0 Å². The summed E-state index contributed by atoms with van der Waals surface area (Å²) in [4.78, 5) is 14.5. The lowest BCUT2D eigenvalue weighted by atomic mass is 10.0. The molecule has 1 aromatic rings. The quantitative estimate of drug-likeness (QED) is 0.669. The third kappa shape index (κ3) is 4.92. The minimum Gasteiger partial charge on any atom is -0.339 e. The Kier molecular flexibility index (Phi) is 7.19. The average molecular weight is 345 g/mol. The van der Waals surface area contributed by atoms with Crippen LogP contribution in [0.2, 0.25) is 0 Å². The summed E-state index contributed by atoms with van der Waals surface area (Å²) in [6, 6.07) is 5.75. The molecule has 0 saturated carbocycles. The van der Waals surface area contributed by atoms with Crippen molar-refractivity contribution in [1.29, 1.82) is 0 Å². The molecule has 0 saturated heterocycles. The molecule has 1 aliphatic heterocycles. The van der Waals surface area contributed by atoms with E-state index in [9.17, 15) is 9.18 Å². The average Bonchev–Trinajstić information content (AvgIpc) is 3.01. The van der Waals surface area contributed by atoms with Gasteiger partial charge in [0.1, 0.15) is 5.83 Å². The van der Waals surface area contributed by atoms with Crippen LogP contribution in [0.3, 0.4) is 0 Å². The first-order chi connectivity index (χ1) is 12.1. The molecule has 0 aliphatic carbocycles. The van der Waals surface area contributed by atoms with Gasteiger partial charge in [0.2, 0.25) is 0 Å². The molecular weight excluding hydrogens is 317 g/mol. The van der Waals surface area contributed by atoms with Crippen LogP contribution in [0.4, 0.5) is 10.1 Å². The van der Waals surface area contributed by atoms with E-state index in [1.807, 2.05) is 43.0 Å². The van der Waals surface area contributed by atoms with Crippen LogP contribution >= 0.6 is 0 Å². The fraction of sp³-hybridized carbons (Fsp3) is 0.450. The normalized spacial score (nSPS) is 16.8. The monoisotopic (exact) mass is 345 g/mol. The van der Waals surface area contributed by atoms with Gasteiger partial charge in [0.05, 0.1) is 11.7 Å². The Morgan fingerprint density at radius 3 is 2.80 bits per heavy atom. The van der Waals surface area contributed by atoms with E-state index < -0.39 is 0 Å². The number of nitrogens with zero attached hydrogens (tertiary/aromatic N) is 1. The highest BCUT2D eigenvalue weighted by Gasteiger charge is 2.23. The van der Waals surface area contributed by atoms with Crippen molar-refractivity contribution in [1.82, 2.24) is 10.3 Å². The Hall–Kier alpha value is -2.14. The minimum absolute atomic E-state index is 0.0229. The molecule has 1 atom stereocenters. The maximum Gasteiger partial charge on any atom is 0.253 e. The van der Waals surface area contributed by atoms with Gasteiger partial charge in [-0.15, -0.1) is 0 Å². The number of rotatable bonds is 8. The van der Waals surface area contributed by atoms with Gasteiger partial charge in [-0.3, -0.25) is 4.79 Å². The van der Waals surface area contributed by atoms with Crippen LogP contribution < -0.4 is 10.9 Å². The number of anilines is 1. The molecular formula is C20H28FN3O. The highest BCUT2D eigenvalue weighted by molar-refractivity contribution is 5.95. The van der Waals surface area contributed by atoms with E-state index in [2.05, 4.69) is 17.8 Å². The number of fused-ring (bicyclic) bond motifs is 1. The third-order valence-corrected chi connectivity index (χ3v) is 4.27. The molecule has 1 aliphatic rings. The van der Waals surface area contributed by atoms with Crippen molar-refractivity contribution in [2.75, 3.05) is 18.5 Å². The molecule has 0 fully saturated rings. The van der Waals surface area contributed by atoms with Crippen molar-refractivity contribution >= 4 is 11.6 Å². The largest absolute Gasteiger partial charge is 0.339 e. The van der Waals surface area contributed by atoms with Gasteiger partial charge in [0.25, 0.3) is 5.91 Å². The minimum atomic E-state index is -0.212. The molecule has 2 rings (SSSR count). The summed E-state index contributed by atoms with van der Waals surface area (Å²) in [6.45, 7) is 7.44. The fourth-order valence-corrected chi connectivity index (χ4v) is 2.96. The van der Waals surface area contributed by atoms with E-state index in [1.54, 1.807) is 6.08 Å². The SMILES string of the molecule is CC/C=C(F)\C=C/CC1NNc2ccc(C(=O)N(CC)CCC)cc21. The zero-order valence-corrected chi connectivity index (χ0v) is 15.3. The zero-order chi connectivity index (χ0) is 18.2.